The molecule has 2 aromatic rings. The summed E-state index contributed by atoms with van der Waals surface area (Å²) in [6, 6.07) is 14.6. The Kier molecular flexibility index (Phi) is 5.30. The third-order valence-corrected chi connectivity index (χ3v) is 6.39. The number of benzene rings is 2. The van der Waals surface area contributed by atoms with E-state index >= 15 is 0 Å². The third-order valence-electron chi connectivity index (χ3n) is 4.54. The second-order valence-electron chi connectivity index (χ2n) is 6.29. The van der Waals surface area contributed by atoms with Crippen LogP contribution in [0.4, 0.5) is 4.39 Å². The number of nitrogens with zero attached hydrogens (tertiary/aromatic N) is 1. The predicted molar refractivity (Wildman–Crippen MR) is 94.1 cm³/mol. The van der Waals surface area contributed by atoms with E-state index in [0.29, 0.717) is 31.5 Å². The normalized spacial score (nSPS) is 16.7. The van der Waals surface area contributed by atoms with Gasteiger partial charge in [0.25, 0.3) is 0 Å². The highest BCUT2D eigenvalue weighted by molar-refractivity contribution is 7.88. The van der Waals surface area contributed by atoms with Crippen molar-refractivity contribution in [2.45, 2.75) is 18.6 Å². The van der Waals surface area contributed by atoms with Gasteiger partial charge in [-0.15, -0.1) is 0 Å². The summed E-state index contributed by atoms with van der Waals surface area (Å²) < 4.78 is 39.5. The van der Waals surface area contributed by atoms with E-state index < -0.39 is 10.0 Å². The maximum Gasteiger partial charge on any atom is 0.218 e. The van der Waals surface area contributed by atoms with Crippen LogP contribution in [-0.2, 0) is 15.8 Å². The van der Waals surface area contributed by atoms with Crippen molar-refractivity contribution in [2.24, 2.45) is 5.92 Å². The first-order chi connectivity index (χ1) is 12.0. The number of rotatable bonds is 5. The number of carbonyl (C=O) groups excluding carboxylic acids is 1. The molecular formula is C19H20FNO3S. The molecule has 2 aromatic carbocycles. The summed E-state index contributed by atoms with van der Waals surface area (Å²) in [5, 5.41) is 0. The summed E-state index contributed by atoms with van der Waals surface area (Å²) in [6.45, 7) is 0.680. The average Bonchev–Trinajstić information content (AvgIpc) is 2.62. The number of hydrogen-bond donors (Lipinski definition) is 0. The highest BCUT2D eigenvalue weighted by atomic mass is 32.2. The van der Waals surface area contributed by atoms with Crippen molar-refractivity contribution in [3.63, 3.8) is 0 Å². The van der Waals surface area contributed by atoms with Crippen molar-refractivity contribution in [2.75, 3.05) is 13.1 Å². The van der Waals surface area contributed by atoms with Gasteiger partial charge in [-0.2, -0.15) is 0 Å². The van der Waals surface area contributed by atoms with Gasteiger partial charge in [0.05, 0.1) is 5.75 Å². The van der Waals surface area contributed by atoms with E-state index in [1.165, 1.54) is 28.6 Å². The molecule has 0 radical (unpaired) electrons. The van der Waals surface area contributed by atoms with Crippen LogP contribution in [0.5, 0.6) is 0 Å². The van der Waals surface area contributed by atoms with Gasteiger partial charge in [0, 0.05) is 24.6 Å². The fraction of sp³-hybridized carbons (Fsp3) is 0.316. The SMILES string of the molecule is O=C(c1ccc(F)cc1)C1CCN(S(=O)(=O)Cc2ccccc2)CC1. The molecule has 0 aliphatic carbocycles. The summed E-state index contributed by atoms with van der Waals surface area (Å²) >= 11 is 0. The number of piperidine rings is 1. The average molecular weight is 361 g/mol. The van der Waals surface area contributed by atoms with Crippen LogP contribution in [0.1, 0.15) is 28.8 Å². The monoisotopic (exact) mass is 361 g/mol. The van der Waals surface area contributed by atoms with Gasteiger partial charge in [-0.25, -0.2) is 17.1 Å². The molecular weight excluding hydrogens is 341 g/mol. The molecule has 0 bridgehead atoms. The van der Waals surface area contributed by atoms with Gasteiger partial charge < -0.3 is 0 Å². The van der Waals surface area contributed by atoms with Gasteiger partial charge in [0.1, 0.15) is 5.82 Å². The zero-order chi connectivity index (χ0) is 17.9. The molecule has 4 nitrogen and oxygen atoms in total. The molecule has 0 saturated carbocycles. The van der Waals surface area contributed by atoms with E-state index in [1.54, 1.807) is 12.1 Å². The number of sulfonamides is 1. The fourth-order valence-corrected chi connectivity index (χ4v) is 4.69. The van der Waals surface area contributed by atoms with E-state index in [-0.39, 0.29) is 23.3 Å². The van der Waals surface area contributed by atoms with E-state index in [0.717, 1.165) is 5.56 Å². The Bertz CT molecular complexity index is 827. The Morgan fingerprint density at radius 3 is 2.20 bits per heavy atom. The topological polar surface area (TPSA) is 54.5 Å². The van der Waals surface area contributed by atoms with Gasteiger partial charge in [0.15, 0.2) is 5.78 Å². The zero-order valence-corrected chi connectivity index (χ0v) is 14.6. The van der Waals surface area contributed by atoms with E-state index in [1.807, 2.05) is 18.2 Å². The van der Waals surface area contributed by atoms with E-state index in [9.17, 15) is 17.6 Å². The fourth-order valence-electron chi connectivity index (χ4n) is 3.12. The molecule has 0 amide bonds. The Morgan fingerprint density at radius 2 is 1.60 bits per heavy atom. The summed E-state index contributed by atoms with van der Waals surface area (Å²) in [7, 11) is -3.38. The van der Waals surface area contributed by atoms with Gasteiger partial charge in [-0.05, 0) is 42.7 Å². The summed E-state index contributed by atoms with van der Waals surface area (Å²) in [5.41, 5.74) is 1.24. The van der Waals surface area contributed by atoms with Gasteiger partial charge >= 0.3 is 0 Å². The standard InChI is InChI=1S/C19H20FNO3S/c20-18-8-6-16(7-9-18)19(22)17-10-12-21(13-11-17)25(23,24)14-15-4-2-1-3-5-15/h1-9,17H,10-14H2. The highest BCUT2D eigenvalue weighted by Gasteiger charge is 2.31. The van der Waals surface area contributed by atoms with Crippen molar-refractivity contribution in [3.05, 3.63) is 71.5 Å². The number of ketones is 1. The molecule has 132 valence electrons. The minimum Gasteiger partial charge on any atom is -0.294 e. The Hall–Kier alpha value is -2.05. The molecule has 1 saturated heterocycles. The maximum atomic E-state index is 13.0. The lowest BCUT2D eigenvalue weighted by molar-refractivity contribution is 0.0875. The largest absolute Gasteiger partial charge is 0.294 e. The van der Waals surface area contributed by atoms with Gasteiger partial charge in [-0.3, -0.25) is 4.79 Å². The summed E-state index contributed by atoms with van der Waals surface area (Å²) in [6.07, 6.45) is 0.981. The van der Waals surface area contributed by atoms with Crippen molar-refractivity contribution in [1.82, 2.24) is 4.31 Å². The minimum atomic E-state index is -3.38. The van der Waals surface area contributed by atoms with Crippen molar-refractivity contribution < 1.29 is 17.6 Å². The van der Waals surface area contributed by atoms with Crippen LogP contribution >= 0.6 is 0 Å². The lowest BCUT2D eigenvalue weighted by Crippen LogP contribution is -2.40. The number of Topliss-reactive ketones (excluding diaryl/α,β-unsaturated/α-hetero) is 1. The van der Waals surface area contributed by atoms with Crippen LogP contribution in [0, 0.1) is 11.7 Å². The first kappa shape index (κ1) is 17.8. The van der Waals surface area contributed by atoms with Gasteiger partial charge in [-0.1, -0.05) is 30.3 Å². The van der Waals surface area contributed by atoms with Crippen LogP contribution in [0.3, 0.4) is 0 Å². The van der Waals surface area contributed by atoms with Crippen LogP contribution < -0.4 is 0 Å². The molecule has 0 unspecified atom stereocenters. The second kappa shape index (κ2) is 7.45. The molecule has 1 aliphatic rings. The zero-order valence-electron chi connectivity index (χ0n) is 13.8. The highest BCUT2D eigenvalue weighted by Crippen LogP contribution is 2.24. The molecule has 0 N–H and O–H groups in total. The molecule has 1 heterocycles. The molecule has 1 fully saturated rings. The first-order valence-electron chi connectivity index (χ1n) is 8.27. The van der Waals surface area contributed by atoms with E-state index in [2.05, 4.69) is 0 Å². The van der Waals surface area contributed by atoms with Crippen LogP contribution in [0.2, 0.25) is 0 Å². The molecule has 6 heteroatoms. The smallest absolute Gasteiger partial charge is 0.218 e. The minimum absolute atomic E-state index is 0.0234. The van der Waals surface area contributed by atoms with Crippen LogP contribution in [-0.4, -0.2) is 31.6 Å². The molecule has 0 atom stereocenters. The summed E-state index contributed by atoms with van der Waals surface area (Å²) in [4.78, 5) is 12.5. The quantitative estimate of drug-likeness (QED) is 0.768. The number of hydrogen-bond acceptors (Lipinski definition) is 3. The molecule has 3 rings (SSSR count). The number of carbonyl (C=O) groups is 1. The Labute approximate surface area is 147 Å². The molecule has 0 spiro atoms. The second-order valence-corrected chi connectivity index (χ2v) is 8.26. The van der Waals surface area contributed by atoms with Crippen molar-refractivity contribution in [3.8, 4) is 0 Å². The number of halogens is 1. The van der Waals surface area contributed by atoms with Crippen LogP contribution in [0.25, 0.3) is 0 Å². The molecule has 0 aromatic heterocycles. The maximum absolute atomic E-state index is 13.0. The molecule has 25 heavy (non-hydrogen) atoms. The lowest BCUT2D eigenvalue weighted by Gasteiger charge is -2.30. The Balaban J connectivity index is 1.61. The third kappa shape index (κ3) is 4.32. The van der Waals surface area contributed by atoms with Crippen molar-refractivity contribution in [1.29, 1.82) is 0 Å². The van der Waals surface area contributed by atoms with Gasteiger partial charge in [0.2, 0.25) is 10.0 Å². The lowest BCUT2D eigenvalue weighted by atomic mass is 9.90. The van der Waals surface area contributed by atoms with Crippen molar-refractivity contribution >= 4 is 15.8 Å². The van der Waals surface area contributed by atoms with E-state index in [4.69, 9.17) is 0 Å². The first-order valence-corrected chi connectivity index (χ1v) is 9.88. The molecule has 1 aliphatic heterocycles. The van der Waals surface area contributed by atoms with Crippen LogP contribution in [0.15, 0.2) is 54.6 Å². The summed E-state index contributed by atoms with van der Waals surface area (Å²) in [5.74, 6) is -0.656. The predicted octanol–water partition coefficient (Wildman–Crippen LogP) is 3.25. The Morgan fingerprint density at radius 1 is 1.00 bits per heavy atom.